The first-order chi connectivity index (χ1) is 20.7. The third kappa shape index (κ3) is 5.82. The van der Waals surface area contributed by atoms with Crippen LogP contribution in [0.1, 0.15) is 78.7 Å². The fraction of sp³-hybridized carbons (Fsp3) is 0.531. The van der Waals surface area contributed by atoms with Crippen LogP contribution in [0.2, 0.25) is 0 Å². The van der Waals surface area contributed by atoms with Gasteiger partial charge in [-0.2, -0.15) is 5.10 Å². The topological polar surface area (TPSA) is 140 Å². The molecule has 3 N–H and O–H groups in total. The molecule has 0 radical (unpaired) electrons. The summed E-state index contributed by atoms with van der Waals surface area (Å²) >= 11 is 0. The summed E-state index contributed by atoms with van der Waals surface area (Å²) in [5, 5.41) is 17.6. The van der Waals surface area contributed by atoms with Crippen molar-refractivity contribution in [2.75, 3.05) is 25.1 Å². The molecule has 3 atom stereocenters. The number of rotatable bonds is 11. The van der Waals surface area contributed by atoms with Gasteiger partial charge in [-0.3, -0.25) is 19.1 Å². The van der Waals surface area contributed by atoms with E-state index in [9.17, 15) is 14.4 Å². The van der Waals surface area contributed by atoms with E-state index in [1.54, 1.807) is 31.6 Å². The smallest absolute Gasteiger partial charge is 0.270 e. The fourth-order valence-corrected chi connectivity index (χ4v) is 6.49. The second-order valence-electron chi connectivity index (χ2n) is 12.8. The molecule has 228 valence electrons. The molecular formula is C32H40N6O5. The average Bonchev–Trinajstić information content (AvgIpc) is 3.31. The Morgan fingerprint density at radius 3 is 2.58 bits per heavy atom. The van der Waals surface area contributed by atoms with Gasteiger partial charge in [0.05, 0.1) is 17.7 Å². The lowest BCUT2D eigenvalue weighted by atomic mass is 9.70. The lowest BCUT2D eigenvalue weighted by Crippen LogP contribution is -2.49. The molecule has 0 spiro atoms. The third-order valence-electron chi connectivity index (χ3n) is 9.59. The molecule has 43 heavy (non-hydrogen) atoms. The highest BCUT2D eigenvalue weighted by Crippen LogP contribution is 2.45. The maximum absolute atomic E-state index is 14.1. The molecule has 3 fully saturated rings. The highest BCUT2D eigenvalue weighted by Gasteiger charge is 2.46. The molecule has 11 nitrogen and oxygen atoms in total. The number of anilines is 1. The Morgan fingerprint density at radius 1 is 1.16 bits per heavy atom. The van der Waals surface area contributed by atoms with Crippen molar-refractivity contribution < 1.29 is 23.6 Å². The summed E-state index contributed by atoms with van der Waals surface area (Å²) in [6, 6.07) is 8.10. The van der Waals surface area contributed by atoms with Gasteiger partial charge in [-0.05, 0) is 74.1 Å². The number of benzene rings is 1. The van der Waals surface area contributed by atoms with Crippen molar-refractivity contribution in [2.45, 2.75) is 69.7 Å². The molecule has 2 aromatic heterocycles. The highest BCUT2D eigenvalue weighted by molar-refractivity contribution is 6.01. The van der Waals surface area contributed by atoms with E-state index in [1.807, 2.05) is 25.1 Å². The van der Waals surface area contributed by atoms with Crippen LogP contribution >= 0.6 is 0 Å². The molecule has 3 aliphatic rings. The molecule has 3 amide bonds. The number of amides is 3. The van der Waals surface area contributed by atoms with Crippen molar-refractivity contribution in [3.8, 4) is 0 Å². The summed E-state index contributed by atoms with van der Waals surface area (Å²) in [6.07, 6.45) is 8.95. The van der Waals surface area contributed by atoms with Gasteiger partial charge in [0, 0.05) is 43.6 Å². The molecule has 2 aliphatic carbocycles. The van der Waals surface area contributed by atoms with Crippen molar-refractivity contribution in [1.82, 2.24) is 25.6 Å². The summed E-state index contributed by atoms with van der Waals surface area (Å²) < 4.78 is 12.5. The fourth-order valence-electron chi connectivity index (χ4n) is 6.49. The summed E-state index contributed by atoms with van der Waals surface area (Å²) in [6.45, 7) is 5.52. The lowest BCUT2D eigenvalue weighted by Gasteiger charge is -2.39. The summed E-state index contributed by atoms with van der Waals surface area (Å²) in [5.74, 6) is -1.01. The van der Waals surface area contributed by atoms with Crippen LogP contribution in [0.5, 0.6) is 0 Å². The van der Waals surface area contributed by atoms with Gasteiger partial charge >= 0.3 is 0 Å². The van der Waals surface area contributed by atoms with E-state index in [0.29, 0.717) is 36.6 Å². The number of carbonyl (C=O) groups excluding carboxylic acids is 3. The van der Waals surface area contributed by atoms with Gasteiger partial charge in [0.1, 0.15) is 18.0 Å². The minimum Gasteiger partial charge on any atom is -0.380 e. The first kappa shape index (κ1) is 29.1. The molecule has 3 aromatic rings. The molecule has 1 saturated heterocycles. The van der Waals surface area contributed by atoms with Crippen LogP contribution in [0.15, 0.2) is 47.3 Å². The average molecular weight is 589 g/mol. The molecule has 1 aliphatic heterocycles. The Hall–Kier alpha value is -3.99. The zero-order valence-corrected chi connectivity index (χ0v) is 25.0. The third-order valence-corrected chi connectivity index (χ3v) is 9.59. The molecule has 0 bridgehead atoms. The summed E-state index contributed by atoms with van der Waals surface area (Å²) in [5.41, 5.74) is 2.50. The van der Waals surface area contributed by atoms with Crippen molar-refractivity contribution in [3.05, 3.63) is 65.3 Å². The van der Waals surface area contributed by atoms with E-state index >= 15 is 0 Å². The molecule has 2 saturated carbocycles. The Kier molecular flexibility index (Phi) is 7.85. The zero-order chi connectivity index (χ0) is 30.2. The minimum atomic E-state index is -0.919. The van der Waals surface area contributed by atoms with Crippen LogP contribution in [-0.4, -0.2) is 58.5 Å². The van der Waals surface area contributed by atoms with Crippen LogP contribution in [-0.2, 0) is 26.8 Å². The first-order valence-electron chi connectivity index (χ1n) is 15.2. The maximum Gasteiger partial charge on any atom is 0.270 e. The Labute approximate surface area is 251 Å². The van der Waals surface area contributed by atoms with Crippen LogP contribution in [0.25, 0.3) is 0 Å². The van der Waals surface area contributed by atoms with Crippen molar-refractivity contribution in [1.29, 1.82) is 0 Å². The van der Waals surface area contributed by atoms with Gasteiger partial charge in [-0.15, -0.1) is 0 Å². The number of aromatic nitrogens is 3. The number of aryl methyl sites for hydroxylation is 2. The standard InChI is InChI=1S/C32H40N6O5/c1-20-17-43-37-26(20)25(21-8-9-21)27(36-28(39)24-10-14-34-38(24)3)29(40)35-23-7-4-6-22(16-23)32(13-15-42-19-32)30(41)33-18-31(2)11-5-12-31/h4,6-7,10,14,16-17,21,25,27H,5,8-9,11-13,15,18-19H2,1-3H3,(H,33,41)(H,35,40)(H,36,39)/t25?,27-,32?/m0/s1. The van der Waals surface area contributed by atoms with Gasteiger partial charge < -0.3 is 25.2 Å². The molecule has 1 aromatic carbocycles. The van der Waals surface area contributed by atoms with E-state index in [1.165, 1.54) is 11.1 Å². The Bertz CT molecular complexity index is 1500. The maximum atomic E-state index is 14.1. The number of nitrogens with zero attached hydrogens (tertiary/aromatic N) is 3. The highest BCUT2D eigenvalue weighted by atomic mass is 16.5. The number of ether oxygens (including phenoxy) is 1. The van der Waals surface area contributed by atoms with Gasteiger partial charge in [0.15, 0.2) is 0 Å². The SMILES string of the molecule is Cc1conc1C(C1CC1)[C@H](NC(=O)c1ccnn1C)C(=O)Nc1cccc(C2(C(=O)NCC3(C)CCC3)CCOC2)c1. The number of carbonyl (C=O) groups is 3. The lowest BCUT2D eigenvalue weighted by molar-refractivity contribution is -0.127. The predicted octanol–water partition coefficient (Wildman–Crippen LogP) is 3.61. The molecule has 3 heterocycles. The second-order valence-corrected chi connectivity index (χ2v) is 12.8. The predicted molar refractivity (Wildman–Crippen MR) is 158 cm³/mol. The first-order valence-corrected chi connectivity index (χ1v) is 15.2. The summed E-state index contributed by atoms with van der Waals surface area (Å²) in [7, 11) is 1.68. The van der Waals surface area contributed by atoms with E-state index in [2.05, 4.69) is 33.1 Å². The minimum absolute atomic E-state index is 0.0433. The molecule has 2 unspecified atom stereocenters. The van der Waals surface area contributed by atoms with E-state index in [4.69, 9.17) is 9.26 Å². The monoisotopic (exact) mass is 588 g/mol. The Balaban J connectivity index is 1.26. The summed E-state index contributed by atoms with van der Waals surface area (Å²) in [4.78, 5) is 41.1. The van der Waals surface area contributed by atoms with Gasteiger partial charge in [-0.1, -0.05) is 30.6 Å². The second kappa shape index (κ2) is 11.6. The van der Waals surface area contributed by atoms with E-state index < -0.39 is 17.4 Å². The van der Waals surface area contributed by atoms with Gasteiger partial charge in [0.2, 0.25) is 11.8 Å². The van der Waals surface area contributed by atoms with E-state index in [-0.39, 0.29) is 35.7 Å². The van der Waals surface area contributed by atoms with Gasteiger partial charge in [-0.25, -0.2) is 0 Å². The van der Waals surface area contributed by atoms with Crippen LogP contribution in [0, 0.1) is 18.3 Å². The number of nitrogens with one attached hydrogen (secondary N) is 3. The largest absolute Gasteiger partial charge is 0.380 e. The number of hydrogen-bond donors (Lipinski definition) is 3. The zero-order valence-electron chi connectivity index (χ0n) is 25.0. The van der Waals surface area contributed by atoms with Crippen LogP contribution in [0.4, 0.5) is 5.69 Å². The quantitative estimate of drug-likeness (QED) is 0.311. The normalized spacial score (nSPS) is 22.3. The van der Waals surface area contributed by atoms with Crippen LogP contribution in [0.3, 0.4) is 0 Å². The van der Waals surface area contributed by atoms with E-state index in [0.717, 1.165) is 36.8 Å². The molecule has 6 rings (SSSR count). The number of hydrogen-bond acceptors (Lipinski definition) is 7. The molecule has 11 heteroatoms. The van der Waals surface area contributed by atoms with Crippen molar-refractivity contribution >= 4 is 23.4 Å². The van der Waals surface area contributed by atoms with Crippen LogP contribution < -0.4 is 16.0 Å². The van der Waals surface area contributed by atoms with Crippen molar-refractivity contribution in [2.24, 2.45) is 18.4 Å². The Morgan fingerprint density at radius 2 is 1.98 bits per heavy atom. The van der Waals surface area contributed by atoms with Crippen molar-refractivity contribution in [3.63, 3.8) is 0 Å². The molecular weight excluding hydrogens is 548 g/mol. The van der Waals surface area contributed by atoms with Gasteiger partial charge in [0.25, 0.3) is 5.91 Å².